The molecule has 4 nitrogen and oxygen atoms in total. The number of carbonyl (C=O) groups is 1. The highest BCUT2D eigenvalue weighted by atomic mass is 28.4. The number of rotatable bonds is 3. The van der Waals surface area contributed by atoms with E-state index in [1.807, 2.05) is 25.7 Å². The summed E-state index contributed by atoms with van der Waals surface area (Å²) >= 11 is 0. The molecule has 2 rings (SSSR count). The van der Waals surface area contributed by atoms with E-state index < -0.39 is 13.9 Å². The second-order valence-electron chi connectivity index (χ2n) is 10.2. The Balaban J connectivity index is 2.11. The van der Waals surface area contributed by atoms with Crippen LogP contribution in [0, 0.1) is 0 Å². The average molecular weight is 392 g/mol. The van der Waals surface area contributed by atoms with Crippen LogP contribution in [0.3, 0.4) is 0 Å². The Morgan fingerprint density at radius 3 is 2.41 bits per heavy atom. The van der Waals surface area contributed by atoms with Crippen LogP contribution in [0.4, 0.5) is 4.79 Å². The van der Waals surface area contributed by atoms with Gasteiger partial charge in [-0.2, -0.15) is 0 Å². The second kappa shape index (κ2) is 7.86. The molecule has 1 atom stereocenters. The summed E-state index contributed by atoms with van der Waals surface area (Å²) in [5.41, 5.74) is 0.792. The van der Waals surface area contributed by atoms with Crippen molar-refractivity contribution in [2.75, 3.05) is 13.1 Å². The molecule has 0 spiro atoms. The van der Waals surface area contributed by atoms with E-state index in [1.54, 1.807) is 0 Å². The van der Waals surface area contributed by atoms with E-state index in [2.05, 4.69) is 58.1 Å². The average Bonchev–Trinajstić information content (AvgIpc) is 2.52. The first-order valence-electron chi connectivity index (χ1n) is 10.1. The molecule has 1 fully saturated rings. The number of hydrogen-bond donors (Lipinski definition) is 0. The van der Waals surface area contributed by atoms with Gasteiger partial charge in [-0.15, -0.1) is 0 Å². The van der Waals surface area contributed by atoms with Gasteiger partial charge in [0.05, 0.1) is 0 Å². The zero-order valence-electron chi connectivity index (χ0n) is 18.4. The first-order valence-corrected chi connectivity index (χ1v) is 13.0. The van der Waals surface area contributed by atoms with Crippen LogP contribution < -0.4 is 4.43 Å². The summed E-state index contributed by atoms with van der Waals surface area (Å²) in [4.78, 5) is 14.3. The lowest BCUT2D eigenvalue weighted by Gasteiger charge is -2.37. The maximum atomic E-state index is 12.4. The van der Waals surface area contributed by atoms with Crippen LogP contribution in [-0.4, -0.2) is 38.0 Å². The summed E-state index contributed by atoms with van der Waals surface area (Å²) in [6.45, 7) is 18.5. The van der Waals surface area contributed by atoms with E-state index >= 15 is 0 Å². The number of amides is 1. The molecule has 0 saturated carbocycles. The standard InChI is InChI=1S/C22H37NO3Si/c1-21(2,3)25-20(24)23-14-10-12-18(16-23)17-11-9-13-19(15-17)26-27(7,8)22(4,5)6/h9,11,13,15,18H,10,12,14,16H2,1-8H3. The predicted molar refractivity (Wildman–Crippen MR) is 114 cm³/mol. The molecule has 1 aliphatic rings. The molecule has 0 bridgehead atoms. The molecule has 152 valence electrons. The molecular weight excluding hydrogens is 354 g/mol. The highest BCUT2D eigenvalue weighted by Gasteiger charge is 2.39. The lowest BCUT2D eigenvalue weighted by Crippen LogP contribution is -2.44. The molecule has 0 aliphatic carbocycles. The third kappa shape index (κ3) is 5.99. The molecule has 27 heavy (non-hydrogen) atoms. The van der Waals surface area contributed by atoms with Gasteiger partial charge in [0.1, 0.15) is 11.4 Å². The van der Waals surface area contributed by atoms with Crippen LogP contribution in [-0.2, 0) is 4.74 Å². The number of piperidine rings is 1. The minimum Gasteiger partial charge on any atom is -0.543 e. The molecule has 1 aromatic rings. The molecule has 1 saturated heterocycles. The van der Waals surface area contributed by atoms with Gasteiger partial charge in [0, 0.05) is 19.0 Å². The Kier molecular flexibility index (Phi) is 6.35. The van der Waals surface area contributed by atoms with Gasteiger partial charge < -0.3 is 14.1 Å². The Labute approximate surface area is 166 Å². The SMILES string of the molecule is CC(C)(C)OC(=O)N1CCCC(c2cccc(O[Si](C)(C)C(C)(C)C)c2)C1. The number of ether oxygens (including phenoxy) is 1. The zero-order chi connectivity index (χ0) is 20.5. The third-order valence-corrected chi connectivity index (χ3v) is 9.94. The maximum absolute atomic E-state index is 12.4. The summed E-state index contributed by atoms with van der Waals surface area (Å²) in [7, 11) is -1.86. The van der Waals surface area contributed by atoms with E-state index in [4.69, 9.17) is 9.16 Å². The highest BCUT2D eigenvalue weighted by molar-refractivity contribution is 6.74. The Hall–Kier alpha value is -1.49. The molecule has 0 radical (unpaired) electrons. The van der Waals surface area contributed by atoms with Gasteiger partial charge in [0.15, 0.2) is 0 Å². The Morgan fingerprint density at radius 1 is 1.15 bits per heavy atom. The number of nitrogens with zero attached hydrogens (tertiary/aromatic N) is 1. The van der Waals surface area contributed by atoms with Crippen molar-refractivity contribution in [2.45, 2.75) is 84.0 Å². The highest BCUT2D eigenvalue weighted by Crippen LogP contribution is 2.38. The smallest absolute Gasteiger partial charge is 0.410 e. The number of carbonyl (C=O) groups excluding carboxylic acids is 1. The Bertz CT molecular complexity index is 658. The fourth-order valence-corrected chi connectivity index (χ4v) is 4.04. The van der Waals surface area contributed by atoms with E-state index in [1.165, 1.54) is 5.56 Å². The number of benzene rings is 1. The molecule has 1 aliphatic heterocycles. The van der Waals surface area contributed by atoms with E-state index in [-0.39, 0.29) is 11.1 Å². The Morgan fingerprint density at radius 2 is 1.81 bits per heavy atom. The first kappa shape index (κ1) is 21.8. The summed E-state index contributed by atoms with van der Waals surface area (Å²) in [5.74, 6) is 1.28. The van der Waals surface area contributed by atoms with E-state index in [0.29, 0.717) is 12.5 Å². The zero-order valence-corrected chi connectivity index (χ0v) is 19.4. The molecule has 1 aromatic carbocycles. The topological polar surface area (TPSA) is 38.8 Å². The predicted octanol–water partition coefficient (Wildman–Crippen LogP) is 6.19. The minimum absolute atomic E-state index is 0.168. The van der Waals surface area contributed by atoms with Crippen molar-refractivity contribution in [2.24, 2.45) is 0 Å². The first-order chi connectivity index (χ1) is 12.3. The quantitative estimate of drug-likeness (QED) is 0.577. The van der Waals surface area contributed by atoms with Crippen LogP contribution in [0.25, 0.3) is 0 Å². The summed E-state index contributed by atoms with van der Waals surface area (Å²) < 4.78 is 12.0. The van der Waals surface area contributed by atoms with Crippen molar-refractivity contribution < 1.29 is 14.0 Å². The van der Waals surface area contributed by atoms with Crippen LogP contribution in [0.2, 0.25) is 18.1 Å². The fourth-order valence-electron chi connectivity index (χ4n) is 3.02. The lowest BCUT2D eigenvalue weighted by atomic mass is 9.91. The van der Waals surface area contributed by atoms with Crippen molar-refractivity contribution >= 4 is 14.4 Å². The third-order valence-electron chi connectivity index (χ3n) is 5.58. The van der Waals surface area contributed by atoms with Gasteiger partial charge >= 0.3 is 6.09 Å². The van der Waals surface area contributed by atoms with Crippen molar-refractivity contribution in [3.63, 3.8) is 0 Å². The number of hydrogen-bond acceptors (Lipinski definition) is 3. The minimum atomic E-state index is -1.86. The molecular formula is C22H37NO3Si. The fraction of sp³-hybridized carbons (Fsp3) is 0.682. The van der Waals surface area contributed by atoms with Gasteiger partial charge in [-0.25, -0.2) is 4.79 Å². The second-order valence-corrected chi connectivity index (χ2v) is 14.9. The van der Waals surface area contributed by atoms with Gasteiger partial charge in [-0.05, 0) is 69.4 Å². The molecule has 1 amide bonds. The van der Waals surface area contributed by atoms with Crippen LogP contribution in [0.15, 0.2) is 24.3 Å². The molecule has 0 aromatic heterocycles. The van der Waals surface area contributed by atoms with Gasteiger partial charge in [-0.1, -0.05) is 32.9 Å². The molecule has 5 heteroatoms. The van der Waals surface area contributed by atoms with Gasteiger partial charge in [-0.3, -0.25) is 0 Å². The summed E-state index contributed by atoms with van der Waals surface area (Å²) in [6, 6.07) is 8.45. The van der Waals surface area contributed by atoms with E-state index in [0.717, 1.165) is 25.1 Å². The van der Waals surface area contributed by atoms with Crippen LogP contribution in [0.1, 0.15) is 65.9 Å². The summed E-state index contributed by atoms with van der Waals surface area (Å²) in [6.07, 6.45) is 1.88. The van der Waals surface area contributed by atoms with Gasteiger partial charge in [0.25, 0.3) is 0 Å². The van der Waals surface area contributed by atoms with Crippen LogP contribution in [0.5, 0.6) is 5.75 Å². The molecule has 0 N–H and O–H groups in total. The van der Waals surface area contributed by atoms with Crippen molar-refractivity contribution in [1.82, 2.24) is 4.90 Å². The molecule has 1 unspecified atom stereocenters. The van der Waals surface area contributed by atoms with Crippen molar-refractivity contribution in [3.05, 3.63) is 29.8 Å². The largest absolute Gasteiger partial charge is 0.543 e. The van der Waals surface area contributed by atoms with Crippen LogP contribution >= 0.6 is 0 Å². The van der Waals surface area contributed by atoms with E-state index in [9.17, 15) is 4.79 Å². The normalized spacial score (nSPS) is 19.0. The van der Waals surface area contributed by atoms with Crippen molar-refractivity contribution in [1.29, 1.82) is 0 Å². The monoisotopic (exact) mass is 391 g/mol. The maximum Gasteiger partial charge on any atom is 0.410 e. The van der Waals surface area contributed by atoms with Crippen molar-refractivity contribution in [3.8, 4) is 5.75 Å². The summed E-state index contributed by atoms with van der Waals surface area (Å²) in [5, 5.41) is 0.168. The van der Waals surface area contributed by atoms with Gasteiger partial charge in [0.2, 0.25) is 8.32 Å². The lowest BCUT2D eigenvalue weighted by molar-refractivity contribution is 0.0198. The molecule has 1 heterocycles. The number of likely N-dealkylation sites (tertiary alicyclic amines) is 1.